The van der Waals surface area contributed by atoms with Crippen molar-refractivity contribution < 1.29 is 5.11 Å². The number of benzene rings is 1. The third kappa shape index (κ3) is 2.79. The summed E-state index contributed by atoms with van der Waals surface area (Å²) < 4.78 is 0. The van der Waals surface area contributed by atoms with Crippen LogP contribution in [0.3, 0.4) is 0 Å². The summed E-state index contributed by atoms with van der Waals surface area (Å²) >= 11 is 1.68. The zero-order valence-electron chi connectivity index (χ0n) is 11.1. The first-order chi connectivity index (χ1) is 8.61. The van der Waals surface area contributed by atoms with Gasteiger partial charge in [0.25, 0.3) is 0 Å². The van der Waals surface area contributed by atoms with Gasteiger partial charge in [0.15, 0.2) is 0 Å². The molecule has 0 aliphatic rings. The molecule has 1 aromatic heterocycles. The van der Waals surface area contributed by atoms with Gasteiger partial charge < -0.3 is 5.11 Å². The minimum Gasteiger partial charge on any atom is -0.396 e. The van der Waals surface area contributed by atoms with Gasteiger partial charge in [0.1, 0.15) is 5.01 Å². The largest absolute Gasteiger partial charge is 0.396 e. The smallest absolute Gasteiger partial charge is 0.123 e. The molecule has 0 atom stereocenters. The fraction of sp³-hybridized carbons (Fsp3) is 0.400. The Balaban J connectivity index is 2.28. The van der Waals surface area contributed by atoms with E-state index in [4.69, 9.17) is 5.11 Å². The van der Waals surface area contributed by atoms with E-state index in [9.17, 15) is 0 Å². The first kappa shape index (κ1) is 13.2. The Morgan fingerprint density at radius 1 is 1.22 bits per heavy atom. The van der Waals surface area contributed by atoms with Gasteiger partial charge in [0.05, 0.1) is 5.69 Å². The highest BCUT2D eigenvalue weighted by Gasteiger charge is 2.09. The first-order valence-corrected chi connectivity index (χ1v) is 7.11. The topological polar surface area (TPSA) is 33.1 Å². The van der Waals surface area contributed by atoms with Crippen LogP contribution in [-0.2, 0) is 6.42 Å². The minimum absolute atomic E-state index is 0.189. The van der Waals surface area contributed by atoms with Crippen LogP contribution >= 0.6 is 11.3 Å². The summed E-state index contributed by atoms with van der Waals surface area (Å²) in [5.74, 6) is 0.557. The molecule has 1 heterocycles. The summed E-state index contributed by atoms with van der Waals surface area (Å²) in [6, 6.07) is 8.61. The summed E-state index contributed by atoms with van der Waals surface area (Å²) in [7, 11) is 0. The van der Waals surface area contributed by atoms with E-state index in [1.54, 1.807) is 11.3 Å². The van der Waals surface area contributed by atoms with Gasteiger partial charge in [-0.1, -0.05) is 38.1 Å². The number of rotatable bonds is 4. The number of thiazole rings is 1. The Morgan fingerprint density at radius 2 is 1.89 bits per heavy atom. The number of aromatic nitrogens is 1. The molecule has 3 heteroatoms. The van der Waals surface area contributed by atoms with Crippen molar-refractivity contribution in [2.24, 2.45) is 0 Å². The van der Waals surface area contributed by atoms with Crippen molar-refractivity contribution in [3.8, 4) is 10.6 Å². The second-order valence-electron chi connectivity index (χ2n) is 4.78. The lowest BCUT2D eigenvalue weighted by Gasteiger charge is -2.05. The van der Waals surface area contributed by atoms with Crippen molar-refractivity contribution in [3.05, 3.63) is 40.4 Å². The minimum atomic E-state index is 0.189. The second-order valence-corrected chi connectivity index (χ2v) is 5.86. The number of aryl methyl sites for hydroxylation is 1. The maximum absolute atomic E-state index is 9.00. The van der Waals surface area contributed by atoms with E-state index in [0.29, 0.717) is 12.3 Å². The standard InChI is InChI=1S/C15H19NOS/c1-10(2)12-4-6-13(7-5-12)15-16-11(3)14(18-15)8-9-17/h4-7,10,17H,8-9H2,1-3H3. The Hall–Kier alpha value is -1.19. The van der Waals surface area contributed by atoms with E-state index < -0.39 is 0 Å². The molecule has 0 saturated carbocycles. The SMILES string of the molecule is Cc1nc(-c2ccc(C(C)C)cc2)sc1CCO. The highest BCUT2D eigenvalue weighted by Crippen LogP contribution is 2.29. The monoisotopic (exact) mass is 261 g/mol. The van der Waals surface area contributed by atoms with Crippen molar-refractivity contribution in [3.63, 3.8) is 0 Å². The van der Waals surface area contributed by atoms with Crippen LogP contribution < -0.4 is 0 Å². The molecule has 0 radical (unpaired) electrons. The van der Waals surface area contributed by atoms with Gasteiger partial charge in [-0.3, -0.25) is 0 Å². The molecule has 1 N–H and O–H groups in total. The number of hydrogen-bond acceptors (Lipinski definition) is 3. The summed E-state index contributed by atoms with van der Waals surface area (Å²) in [5, 5.41) is 10.0. The molecule has 0 bridgehead atoms. The van der Waals surface area contributed by atoms with Gasteiger partial charge in [0.2, 0.25) is 0 Å². The van der Waals surface area contributed by atoms with Crippen LogP contribution in [0.15, 0.2) is 24.3 Å². The number of aliphatic hydroxyl groups is 1. The Bertz CT molecular complexity index is 514. The molecule has 0 unspecified atom stereocenters. The van der Waals surface area contributed by atoms with E-state index in [0.717, 1.165) is 16.3 Å². The molecule has 0 aliphatic carbocycles. The van der Waals surface area contributed by atoms with Crippen LogP contribution in [0, 0.1) is 6.92 Å². The fourth-order valence-electron chi connectivity index (χ4n) is 1.90. The van der Waals surface area contributed by atoms with Crippen LogP contribution in [0.5, 0.6) is 0 Å². The second kappa shape index (κ2) is 5.63. The van der Waals surface area contributed by atoms with Gasteiger partial charge in [-0.15, -0.1) is 11.3 Å². The maximum Gasteiger partial charge on any atom is 0.123 e. The highest BCUT2D eigenvalue weighted by atomic mass is 32.1. The Morgan fingerprint density at radius 3 is 2.44 bits per heavy atom. The third-order valence-corrected chi connectivity index (χ3v) is 4.32. The number of nitrogens with zero attached hydrogens (tertiary/aromatic N) is 1. The van der Waals surface area contributed by atoms with Crippen LogP contribution in [0.4, 0.5) is 0 Å². The van der Waals surface area contributed by atoms with E-state index >= 15 is 0 Å². The van der Waals surface area contributed by atoms with Crippen molar-refractivity contribution in [2.75, 3.05) is 6.61 Å². The van der Waals surface area contributed by atoms with Gasteiger partial charge in [-0.05, 0) is 18.4 Å². The van der Waals surface area contributed by atoms with Crippen molar-refractivity contribution in [1.29, 1.82) is 0 Å². The normalized spacial score (nSPS) is 11.2. The molecule has 2 nitrogen and oxygen atoms in total. The fourth-order valence-corrected chi connectivity index (χ4v) is 2.95. The van der Waals surface area contributed by atoms with Gasteiger partial charge in [-0.2, -0.15) is 0 Å². The van der Waals surface area contributed by atoms with Crippen LogP contribution in [-0.4, -0.2) is 16.7 Å². The summed E-state index contributed by atoms with van der Waals surface area (Å²) in [6.45, 7) is 6.59. The van der Waals surface area contributed by atoms with Crippen molar-refractivity contribution in [1.82, 2.24) is 4.98 Å². The van der Waals surface area contributed by atoms with E-state index in [1.807, 2.05) is 6.92 Å². The highest BCUT2D eigenvalue weighted by molar-refractivity contribution is 7.15. The molecule has 0 saturated heterocycles. The van der Waals surface area contributed by atoms with E-state index in [2.05, 4.69) is 43.1 Å². The molecular formula is C15H19NOS. The summed E-state index contributed by atoms with van der Waals surface area (Å²) in [5.41, 5.74) is 3.55. The van der Waals surface area contributed by atoms with Crippen LogP contribution in [0.1, 0.15) is 35.9 Å². The Labute approximate surface area is 112 Å². The molecule has 18 heavy (non-hydrogen) atoms. The molecule has 0 spiro atoms. The average molecular weight is 261 g/mol. The number of hydrogen-bond donors (Lipinski definition) is 1. The van der Waals surface area contributed by atoms with E-state index in [1.165, 1.54) is 10.4 Å². The number of aliphatic hydroxyl groups excluding tert-OH is 1. The molecular weight excluding hydrogens is 242 g/mol. The van der Waals surface area contributed by atoms with Gasteiger partial charge in [0, 0.05) is 23.5 Å². The molecule has 96 valence electrons. The molecule has 0 amide bonds. The predicted octanol–water partition coefficient (Wildman–Crippen LogP) is 3.78. The van der Waals surface area contributed by atoms with Crippen LogP contribution in [0.2, 0.25) is 0 Å². The Kier molecular flexibility index (Phi) is 4.15. The maximum atomic E-state index is 9.00. The van der Waals surface area contributed by atoms with Crippen molar-refractivity contribution >= 4 is 11.3 Å². The average Bonchev–Trinajstić information content (AvgIpc) is 2.72. The molecule has 2 rings (SSSR count). The molecule has 1 aromatic carbocycles. The first-order valence-electron chi connectivity index (χ1n) is 6.29. The lowest BCUT2D eigenvalue weighted by atomic mass is 10.0. The van der Waals surface area contributed by atoms with Gasteiger partial charge >= 0.3 is 0 Å². The van der Waals surface area contributed by atoms with Gasteiger partial charge in [-0.25, -0.2) is 4.98 Å². The predicted molar refractivity (Wildman–Crippen MR) is 77.2 cm³/mol. The summed E-state index contributed by atoms with van der Waals surface area (Å²) in [4.78, 5) is 5.76. The van der Waals surface area contributed by atoms with Crippen molar-refractivity contribution in [2.45, 2.75) is 33.1 Å². The quantitative estimate of drug-likeness (QED) is 0.908. The lowest BCUT2D eigenvalue weighted by molar-refractivity contribution is 0.300. The summed E-state index contributed by atoms with van der Waals surface area (Å²) in [6.07, 6.45) is 0.702. The lowest BCUT2D eigenvalue weighted by Crippen LogP contribution is -1.88. The van der Waals surface area contributed by atoms with E-state index in [-0.39, 0.29) is 6.61 Å². The third-order valence-electron chi connectivity index (χ3n) is 3.06. The zero-order valence-corrected chi connectivity index (χ0v) is 11.9. The zero-order chi connectivity index (χ0) is 13.1. The molecule has 0 fully saturated rings. The molecule has 2 aromatic rings. The van der Waals surface area contributed by atoms with Crippen LogP contribution in [0.25, 0.3) is 10.6 Å². The molecule has 0 aliphatic heterocycles.